The van der Waals surface area contributed by atoms with Gasteiger partial charge in [0.15, 0.2) is 0 Å². The van der Waals surface area contributed by atoms with Gasteiger partial charge in [0.1, 0.15) is 5.82 Å². The van der Waals surface area contributed by atoms with Crippen LogP contribution in [0.3, 0.4) is 0 Å². The van der Waals surface area contributed by atoms with E-state index >= 15 is 0 Å². The lowest BCUT2D eigenvalue weighted by Crippen LogP contribution is -2.30. The van der Waals surface area contributed by atoms with Crippen molar-refractivity contribution in [3.63, 3.8) is 0 Å². The molecule has 1 fully saturated rings. The van der Waals surface area contributed by atoms with E-state index in [9.17, 15) is 0 Å². The van der Waals surface area contributed by atoms with E-state index in [4.69, 9.17) is 4.98 Å². The van der Waals surface area contributed by atoms with Crippen LogP contribution in [0.2, 0.25) is 0 Å². The normalized spacial score (nSPS) is 16.9. The molecule has 3 heteroatoms. The molecule has 1 saturated heterocycles. The van der Waals surface area contributed by atoms with Gasteiger partial charge in [0.2, 0.25) is 0 Å². The first-order valence-corrected chi connectivity index (χ1v) is 8.40. The lowest BCUT2D eigenvalue weighted by atomic mass is 10.1. The van der Waals surface area contributed by atoms with Crippen molar-refractivity contribution in [3.05, 3.63) is 30.1 Å². The summed E-state index contributed by atoms with van der Waals surface area (Å²) < 4.78 is 2.45. The van der Waals surface area contributed by atoms with E-state index in [1.807, 2.05) is 0 Å². The average molecular weight is 285 g/mol. The molecule has 114 valence electrons. The van der Waals surface area contributed by atoms with Gasteiger partial charge in [-0.15, -0.1) is 0 Å². The van der Waals surface area contributed by atoms with Crippen molar-refractivity contribution < 1.29 is 0 Å². The summed E-state index contributed by atoms with van der Waals surface area (Å²) in [4.78, 5) is 7.47. The highest BCUT2D eigenvalue weighted by atomic mass is 15.2. The molecule has 0 radical (unpaired) electrons. The zero-order valence-corrected chi connectivity index (χ0v) is 13.4. The topological polar surface area (TPSA) is 21.1 Å². The van der Waals surface area contributed by atoms with E-state index < -0.39 is 0 Å². The Labute approximate surface area is 128 Å². The molecule has 2 aromatic rings. The fraction of sp³-hybridized carbons (Fsp3) is 0.611. The number of fused-ring (bicyclic) bond motifs is 1. The molecule has 3 nitrogen and oxygen atoms in total. The molecule has 0 spiro atoms. The summed E-state index contributed by atoms with van der Waals surface area (Å²) in [6.07, 6.45) is 5.28. The second kappa shape index (κ2) is 6.61. The maximum Gasteiger partial charge on any atom is 0.124 e. The second-order valence-corrected chi connectivity index (χ2v) is 6.69. The van der Waals surface area contributed by atoms with Crippen LogP contribution in [0.15, 0.2) is 24.3 Å². The Morgan fingerprint density at radius 1 is 1.10 bits per heavy atom. The standard InChI is InChI=1S/C18H27N3/c1-15(2)10-13-21-17-9-5-4-8-16(17)19-18(21)14-20-11-6-3-7-12-20/h4-5,8-9,15H,3,6-7,10-14H2,1-2H3. The van der Waals surface area contributed by atoms with Crippen LogP contribution in [0.5, 0.6) is 0 Å². The molecule has 0 amide bonds. The third kappa shape index (κ3) is 3.46. The van der Waals surface area contributed by atoms with Gasteiger partial charge in [0.05, 0.1) is 17.6 Å². The molecule has 2 heterocycles. The molecule has 0 atom stereocenters. The van der Waals surface area contributed by atoms with E-state index in [1.54, 1.807) is 0 Å². The molecule has 1 aliphatic rings. The quantitative estimate of drug-likeness (QED) is 0.825. The monoisotopic (exact) mass is 285 g/mol. The number of imidazole rings is 1. The summed E-state index contributed by atoms with van der Waals surface area (Å²) in [5.74, 6) is 1.98. The zero-order valence-electron chi connectivity index (χ0n) is 13.4. The smallest absolute Gasteiger partial charge is 0.124 e. The van der Waals surface area contributed by atoms with Crippen LogP contribution in [-0.4, -0.2) is 27.5 Å². The Morgan fingerprint density at radius 3 is 2.62 bits per heavy atom. The van der Waals surface area contributed by atoms with Crippen LogP contribution >= 0.6 is 0 Å². The second-order valence-electron chi connectivity index (χ2n) is 6.69. The molecule has 0 bridgehead atoms. The highest BCUT2D eigenvalue weighted by molar-refractivity contribution is 5.75. The van der Waals surface area contributed by atoms with Crippen molar-refractivity contribution >= 4 is 11.0 Å². The first kappa shape index (κ1) is 14.6. The number of hydrogen-bond acceptors (Lipinski definition) is 2. The Bertz CT molecular complexity index is 579. The molecule has 0 aliphatic carbocycles. The molecule has 3 rings (SSSR count). The van der Waals surface area contributed by atoms with Crippen LogP contribution in [0, 0.1) is 5.92 Å². The van der Waals surface area contributed by atoms with E-state index in [2.05, 4.69) is 47.6 Å². The van der Waals surface area contributed by atoms with Crippen LogP contribution in [-0.2, 0) is 13.1 Å². The van der Waals surface area contributed by atoms with Gasteiger partial charge in [0.25, 0.3) is 0 Å². The van der Waals surface area contributed by atoms with E-state index in [0.29, 0.717) is 0 Å². The van der Waals surface area contributed by atoms with Gasteiger partial charge < -0.3 is 4.57 Å². The Morgan fingerprint density at radius 2 is 1.86 bits per heavy atom. The van der Waals surface area contributed by atoms with Gasteiger partial charge >= 0.3 is 0 Å². The predicted molar refractivity (Wildman–Crippen MR) is 88.3 cm³/mol. The minimum atomic E-state index is 0.731. The Hall–Kier alpha value is -1.35. The first-order chi connectivity index (χ1) is 10.2. The highest BCUT2D eigenvalue weighted by Crippen LogP contribution is 2.20. The third-order valence-electron chi connectivity index (χ3n) is 4.48. The molecular weight excluding hydrogens is 258 g/mol. The summed E-state index contributed by atoms with van der Waals surface area (Å²) in [6.45, 7) is 9.14. The van der Waals surface area contributed by atoms with Crippen LogP contribution in [0.4, 0.5) is 0 Å². The van der Waals surface area contributed by atoms with Crippen molar-refractivity contribution in [2.24, 2.45) is 5.92 Å². The largest absolute Gasteiger partial charge is 0.327 e. The molecule has 1 aromatic heterocycles. The molecule has 0 unspecified atom stereocenters. The van der Waals surface area contributed by atoms with E-state index in [-0.39, 0.29) is 0 Å². The Balaban J connectivity index is 1.86. The summed E-state index contributed by atoms with van der Waals surface area (Å²) in [5, 5.41) is 0. The van der Waals surface area contributed by atoms with Crippen LogP contribution in [0.25, 0.3) is 11.0 Å². The van der Waals surface area contributed by atoms with Gasteiger partial charge in [-0.25, -0.2) is 4.98 Å². The summed E-state index contributed by atoms with van der Waals surface area (Å²) >= 11 is 0. The lowest BCUT2D eigenvalue weighted by molar-refractivity contribution is 0.213. The van der Waals surface area contributed by atoms with Gasteiger partial charge in [-0.1, -0.05) is 32.4 Å². The average Bonchev–Trinajstić information content (AvgIpc) is 2.83. The zero-order chi connectivity index (χ0) is 14.7. The number of hydrogen-bond donors (Lipinski definition) is 0. The fourth-order valence-electron chi connectivity index (χ4n) is 3.20. The number of piperidine rings is 1. The first-order valence-electron chi connectivity index (χ1n) is 8.40. The number of benzene rings is 1. The number of aryl methyl sites for hydroxylation is 1. The molecule has 0 saturated carbocycles. The van der Waals surface area contributed by atoms with Crippen molar-refractivity contribution in [1.82, 2.24) is 14.5 Å². The minimum absolute atomic E-state index is 0.731. The number of likely N-dealkylation sites (tertiary alicyclic amines) is 1. The van der Waals surface area contributed by atoms with Crippen LogP contribution in [0.1, 0.15) is 45.4 Å². The molecule has 21 heavy (non-hydrogen) atoms. The summed E-state index contributed by atoms with van der Waals surface area (Å²) in [7, 11) is 0. The molecule has 0 N–H and O–H groups in total. The maximum atomic E-state index is 4.91. The van der Waals surface area contributed by atoms with Crippen molar-refractivity contribution in [1.29, 1.82) is 0 Å². The molecular formula is C18H27N3. The predicted octanol–water partition coefficient (Wildman–Crippen LogP) is 4.07. The van der Waals surface area contributed by atoms with Gasteiger partial charge in [-0.2, -0.15) is 0 Å². The van der Waals surface area contributed by atoms with E-state index in [1.165, 1.54) is 50.1 Å². The van der Waals surface area contributed by atoms with Crippen molar-refractivity contribution in [2.75, 3.05) is 13.1 Å². The maximum absolute atomic E-state index is 4.91. The third-order valence-corrected chi connectivity index (χ3v) is 4.48. The molecule has 1 aliphatic heterocycles. The lowest BCUT2D eigenvalue weighted by Gasteiger charge is -2.26. The highest BCUT2D eigenvalue weighted by Gasteiger charge is 2.16. The SMILES string of the molecule is CC(C)CCn1c(CN2CCCCC2)nc2ccccc21. The molecule has 1 aromatic carbocycles. The number of rotatable bonds is 5. The van der Waals surface area contributed by atoms with Crippen molar-refractivity contribution in [3.8, 4) is 0 Å². The number of nitrogens with zero attached hydrogens (tertiary/aromatic N) is 3. The minimum Gasteiger partial charge on any atom is -0.327 e. The number of aromatic nitrogens is 2. The van der Waals surface area contributed by atoms with E-state index in [0.717, 1.165) is 24.5 Å². The van der Waals surface area contributed by atoms with Crippen LogP contribution < -0.4 is 0 Å². The fourth-order valence-corrected chi connectivity index (χ4v) is 3.20. The van der Waals surface area contributed by atoms with Gasteiger partial charge in [-0.05, 0) is 50.4 Å². The number of para-hydroxylation sites is 2. The van der Waals surface area contributed by atoms with Crippen molar-refractivity contribution in [2.45, 2.75) is 52.6 Å². The van der Waals surface area contributed by atoms with Gasteiger partial charge in [-0.3, -0.25) is 4.90 Å². The Kier molecular flexibility index (Phi) is 4.59. The summed E-state index contributed by atoms with van der Waals surface area (Å²) in [6, 6.07) is 8.57. The summed E-state index contributed by atoms with van der Waals surface area (Å²) in [5.41, 5.74) is 2.44. The van der Waals surface area contributed by atoms with Gasteiger partial charge in [0, 0.05) is 6.54 Å².